The summed E-state index contributed by atoms with van der Waals surface area (Å²) in [6.45, 7) is 3.66. The fraction of sp³-hybridized carbons (Fsp3) is 0.250. The van der Waals surface area contributed by atoms with E-state index in [1.807, 2.05) is 12.1 Å². The molecule has 2 aromatic rings. The Morgan fingerprint density at radius 3 is 2.68 bits per heavy atom. The van der Waals surface area contributed by atoms with Gasteiger partial charge in [-0.15, -0.1) is 0 Å². The molecule has 0 fully saturated rings. The van der Waals surface area contributed by atoms with Crippen molar-refractivity contribution in [1.29, 1.82) is 0 Å². The van der Waals surface area contributed by atoms with E-state index in [4.69, 9.17) is 0 Å². The normalized spacial score (nSPS) is 10.7. The SMILES string of the molecule is Cc1cc(CNCCc2ccccc2F)ccc1Br. The molecule has 0 aliphatic rings. The molecular weight excluding hydrogens is 305 g/mol. The lowest BCUT2D eigenvalue weighted by atomic mass is 10.1. The molecule has 0 bridgehead atoms. The summed E-state index contributed by atoms with van der Waals surface area (Å²) in [7, 11) is 0. The number of halogens is 2. The number of benzene rings is 2. The molecule has 0 amide bonds. The maximum atomic E-state index is 13.4. The number of hydrogen-bond donors (Lipinski definition) is 1. The quantitative estimate of drug-likeness (QED) is 0.813. The van der Waals surface area contributed by atoms with Crippen molar-refractivity contribution < 1.29 is 4.39 Å². The highest BCUT2D eigenvalue weighted by Gasteiger charge is 2.00. The van der Waals surface area contributed by atoms with Crippen molar-refractivity contribution in [3.8, 4) is 0 Å². The lowest BCUT2D eigenvalue weighted by Gasteiger charge is -2.07. The zero-order valence-electron chi connectivity index (χ0n) is 10.9. The van der Waals surface area contributed by atoms with Crippen molar-refractivity contribution in [3.63, 3.8) is 0 Å². The van der Waals surface area contributed by atoms with E-state index in [2.05, 4.69) is 46.4 Å². The average Bonchev–Trinajstić information content (AvgIpc) is 2.40. The topological polar surface area (TPSA) is 12.0 Å². The first kappa shape index (κ1) is 14.2. The van der Waals surface area contributed by atoms with Gasteiger partial charge in [-0.1, -0.05) is 46.3 Å². The van der Waals surface area contributed by atoms with Crippen molar-refractivity contribution in [1.82, 2.24) is 5.32 Å². The molecule has 0 aliphatic heterocycles. The first-order valence-corrected chi connectivity index (χ1v) is 7.15. The van der Waals surface area contributed by atoms with Gasteiger partial charge in [-0.05, 0) is 48.7 Å². The summed E-state index contributed by atoms with van der Waals surface area (Å²) < 4.78 is 14.5. The van der Waals surface area contributed by atoms with Crippen LogP contribution in [0, 0.1) is 12.7 Å². The molecule has 2 rings (SSSR count). The number of rotatable bonds is 5. The van der Waals surface area contributed by atoms with Crippen molar-refractivity contribution in [2.75, 3.05) is 6.54 Å². The fourth-order valence-electron chi connectivity index (χ4n) is 1.97. The van der Waals surface area contributed by atoms with Gasteiger partial charge >= 0.3 is 0 Å². The largest absolute Gasteiger partial charge is 0.312 e. The summed E-state index contributed by atoms with van der Waals surface area (Å²) in [6, 6.07) is 13.2. The Morgan fingerprint density at radius 1 is 1.16 bits per heavy atom. The Balaban J connectivity index is 1.81. The van der Waals surface area contributed by atoms with E-state index >= 15 is 0 Å². The Kier molecular flexibility index (Phi) is 5.11. The molecule has 0 heterocycles. The van der Waals surface area contributed by atoms with Crippen LogP contribution < -0.4 is 5.32 Å². The molecule has 0 spiro atoms. The molecule has 1 nitrogen and oxygen atoms in total. The van der Waals surface area contributed by atoms with Crippen LogP contribution in [0.15, 0.2) is 46.9 Å². The third kappa shape index (κ3) is 4.15. The summed E-state index contributed by atoms with van der Waals surface area (Å²) in [6.07, 6.45) is 0.710. The van der Waals surface area contributed by atoms with E-state index < -0.39 is 0 Å². The Morgan fingerprint density at radius 2 is 1.95 bits per heavy atom. The molecule has 0 saturated carbocycles. The third-order valence-corrected chi connectivity index (χ3v) is 3.97. The zero-order chi connectivity index (χ0) is 13.7. The lowest BCUT2D eigenvalue weighted by molar-refractivity contribution is 0.598. The maximum absolute atomic E-state index is 13.4. The highest BCUT2D eigenvalue weighted by molar-refractivity contribution is 9.10. The minimum atomic E-state index is -0.121. The Hall–Kier alpha value is -1.19. The van der Waals surface area contributed by atoms with Crippen LogP contribution in [0.3, 0.4) is 0 Å². The minimum absolute atomic E-state index is 0.121. The van der Waals surface area contributed by atoms with E-state index in [0.717, 1.165) is 23.1 Å². The van der Waals surface area contributed by atoms with Crippen molar-refractivity contribution in [2.45, 2.75) is 19.9 Å². The van der Waals surface area contributed by atoms with E-state index in [0.29, 0.717) is 6.42 Å². The molecule has 3 heteroatoms. The van der Waals surface area contributed by atoms with E-state index in [-0.39, 0.29) is 5.82 Å². The van der Waals surface area contributed by atoms with Crippen LogP contribution in [0.1, 0.15) is 16.7 Å². The Bertz CT molecular complexity index is 554. The molecule has 0 unspecified atom stereocenters. The molecule has 0 radical (unpaired) electrons. The van der Waals surface area contributed by atoms with E-state index in [1.165, 1.54) is 17.2 Å². The summed E-state index contributed by atoms with van der Waals surface area (Å²) in [5, 5.41) is 3.34. The van der Waals surface area contributed by atoms with Crippen LogP contribution in [0.25, 0.3) is 0 Å². The minimum Gasteiger partial charge on any atom is -0.312 e. The van der Waals surface area contributed by atoms with Gasteiger partial charge in [-0.2, -0.15) is 0 Å². The predicted molar refractivity (Wildman–Crippen MR) is 80.7 cm³/mol. The van der Waals surface area contributed by atoms with Crippen LogP contribution >= 0.6 is 15.9 Å². The van der Waals surface area contributed by atoms with Gasteiger partial charge in [0, 0.05) is 11.0 Å². The molecule has 2 aromatic carbocycles. The van der Waals surface area contributed by atoms with Gasteiger partial charge in [0.05, 0.1) is 0 Å². The first-order chi connectivity index (χ1) is 9.16. The summed E-state index contributed by atoms with van der Waals surface area (Å²) >= 11 is 3.49. The second-order valence-electron chi connectivity index (χ2n) is 4.60. The molecule has 19 heavy (non-hydrogen) atoms. The van der Waals surface area contributed by atoms with Crippen LogP contribution in [0.4, 0.5) is 4.39 Å². The van der Waals surface area contributed by atoms with Gasteiger partial charge in [-0.3, -0.25) is 0 Å². The summed E-state index contributed by atoms with van der Waals surface area (Å²) in [5.41, 5.74) is 3.24. The van der Waals surface area contributed by atoms with Gasteiger partial charge in [0.25, 0.3) is 0 Å². The Labute approximate surface area is 122 Å². The van der Waals surface area contributed by atoms with Crippen LogP contribution in [0.2, 0.25) is 0 Å². The average molecular weight is 322 g/mol. The van der Waals surface area contributed by atoms with Gasteiger partial charge in [0.2, 0.25) is 0 Å². The second-order valence-corrected chi connectivity index (χ2v) is 5.46. The summed E-state index contributed by atoms with van der Waals surface area (Å²) in [5.74, 6) is -0.121. The predicted octanol–water partition coefficient (Wildman–Crippen LogP) is 4.23. The van der Waals surface area contributed by atoms with Gasteiger partial charge < -0.3 is 5.32 Å². The fourth-order valence-corrected chi connectivity index (χ4v) is 2.22. The zero-order valence-corrected chi connectivity index (χ0v) is 12.5. The third-order valence-electron chi connectivity index (χ3n) is 3.08. The van der Waals surface area contributed by atoms with Gasteiger partial charge in [-0.25, -0.2) is 4.39 Å². The molecule has 100 valence electrons. The second kappa shape index (κ2) is 6.83. The molecule has 1 N–H and O–H groups in total. The number of nitrogens with one attached hydrogen (secondary N) is 1. The molecule has 0 saturated heterocycles. The maximum Gasteiger partial charge on any atom is 0.126 e. The first-order valence-electron chi connectivity index (χ1n) is 6.36. The summed E-state index contributed by atoms with van der Waals surface area (Å²) in [4.78, 5) is 0. The monoisotopic (exact) mass is 321 g/mol. The van der Waals surface area contributed by atoms with Crippen LogP contribution in [-0.2, 0) is 13.0 Å². The highest BCUT2D eigenvalue weighted by atomic mass is 79.9. The molecule has 0 aliphatic carbocycles. The smallest absolute Gasteiger partial charge is 0.126 e. The van der Waals surface area contributed by atoms with Crippen molar-refractivity contribution >= 4 is 15.9 Å². The lowest BCUT2D eigenvalue weighted by Crippen LogP contribution is -2.17. The van der Waals surface area contributed by atoms with Crippen LogP contribution in [-0.4, -0.2) is 6.54 Å². The van der Waals surface area contributed by atoms with E-state index in [1.54, 1.807) is 6.07 Å². The van der Waals surface area contributed by atoms with Gasteiger partial charge in [0.1, 0.15) is 5.82 Å². The number of aryl methyl sites for hydroxylation is 1. The number of hydrogen-bond acceptors (Lipinski definition) is 1. The molecule has 0 atom stereocenters. The molecular formula is C16H17BrFN. The van der Waals surface area contributed by atoms with Crippen molar-refractivity contribution in [2.24, 2.45) is 0 Å². The van der Waals surface area contributed by atoms with E-state index in [9.17, 15) is 4.39 Å². The van der Waals surface area contributed by atoms with Crippen LogP contribution in [0.5, 0.6) is 0 Å². The molecule has 0 aromatic heterocycles. The standard InChI is InChI=1S/C16H17BrFN/c1-12-10-13(6-7-15(12)17)11-19-9-8-14-4-2-3-5-16(14)18/h2-7,10,19H,8-9,11H2,1H3. The van der Waals surface area contributed by atoms with Gasteiger partial charge in [0.15, 0.2) is 0 Å². The highest BCUT2D eigenvalue weighted by Crippen LogP contribution is 2.16. The van der Waals surface area contributed by atoms with Crippen molar-refractivity contribution in [3.05, 3.63) is 69.4 Å².